The lowest BCUT2D eigenvalue weighted by atomic mass is 9.95. The van der Waals surface area contributed by atoms with Crippen LogP contribution in [0.25, 0.3) is 0 Å². The fourth-order valence-electron chi connectivity index (χ4n) is 2.36. The Kier molecular flexibility index (Phi) is 1.40. The molecule has 0 spiro atoms. The minimum atomic E-state index is 0.845. The van der Waals surface area contributed by atoms with Gasteiger partial charge in [0.1, 0.15) is 0 Å². The molecule has 0 N–H and O–H groups in total. The Balaban J connectivity index is 2.17. The normalized spacial score (nSPS) is 37.4. The highest BCUT2D eigenvalue weighted by Crippen LogP contribution is 2.43. The zero-order valence-electron chi connectivity index (χ0n) is 6.27. The van der Waals surface area contributed by atoms with Gasteiger partial charge >= 0.3 is 0 Å². The minimum absolute atomic E-state index is 0.845. The van der Waals surface area contributed by atoms with Crippen molar-refractivity contribution in [2.45, 2.75) is 25.7 Å². The van der Waals surface area contributed by atoms with Crippen molar-refractivity contribution in [1.82, 2.24) is 0 Å². The topological polar surface area (TPSA) is 0 Å². The molecule has 10 heavy (non-hydrogen) atoms. The van der Waals surface area contributed by atoms with E-state index in [0.717, 1.165) is 11.8 Å². The maximum absolute atomic E-state index is 3.71. The standard InChI is InChI=1S/C10H13/c1-2-8-6-7-9-4-3-5-10(8)9/h6,9-10H,1,3-5,7H2. The predicted octanol–water partition coefficient (Wildman–Crippen LogP) is 2.72. The number of hydrogen-bond donors (Lipinski definition) is 0. The van der Waals surface area contributed by atoms with Crippen LogP contribution < -0.4 is 0 Å². The molecule has 1 fully saturated rings. The zero-order chi connectivity index (χ0) is 6.97. The summed E-state index contributed by atoms with van der Waals surface area (Å²) < 4.78 is 0. The molecule has 1 radical (unpaired) electrons. The Labute approximate surface area is 62.6 Å². The molecule has 0 aromatic heterocycles. The fraction of sp³-hybridized carbons (Fsp3) is 0.600. The maximum Gasteiger partial charge on any atom is -0.0128 e. The quantitative estimate of drug-likeness (QED) is 0.516. The highest BCUT2D eigenvalue weighted by molar-refractivity contribution is 5.22. The van der Waals surface area contributed by atoms with E-state index in [4.69, 9.17) is 0 Å². The SMILES string of the molecule is C=[C]C1=CCC2CCCC12. The summed E-state index contributed by atoms with van der Waals surface area (Å²) in [4.78, 5) is 0. The van der Waals surface area contributed by atoms with Crippen molar-refractivity contribution in [1.29, 1.82) is 0 Å². The van der Waals surface area contributed by atoms with E-state index in [1.807, 2.05) is 0 Å². The van der Waals surface area contributed by atoms with Crippen LogP contribution in [0.4, 0.5) is 0 Å². The Morgan fingerprint density at radius 3 is 3.20 bits per heavy atom. The first-order valence-electron chi connectivity index (χ1n) is 4.15. The molecule has 0 nitrogen and oxygen atoms in total. The molecule has 2 aliphatic rings. The molecule has 1 saturated carbocycles. The first-order chi connectivity index (χ1) is 4.92. The summed E-state index contributed by atoms with van der Waals surface area (Å²) in [5.41, 5.74) is 1.41. The second-order valence-electron chi connectivity index (χ2n) is 3.37. The third-order valence-corrected chi connectivity index (χ3v) is 2.90. The average Bonchev–Trinajstić information content (AvgIpc) is 2.44. The molecular formula is C10H13. The molecule has 0 saturated heterocycles. The van der Waals surface area contributed by atoms with Gasteiger partial charge in [-0.15, -0.1) is 0 Å². The van der Waals surface area contributed by atoms with Crippen molar-refractivity contribution in [2.75, 3.05) is 0 Å². The van der Waals surface area contributed by atoms with Crippen LogP contribution in [0.5, 0.6) is 0 Å². The number of fused-ring (bicyclic) bond motifs is 1. The van der Waals surface area contributed by atoms with E-state index in [9.17, 15) is 0 Å². The van der Waals surface area contributed by atoms with Crippen LogP contribution in [0.3, 0.4) is 0 Å². The Morgan fingerprint density at radius 1 is 1.50 bits per heavy atom. The summed E-state index contributed by atoms with van der Waals surface area (Å²) in [6, 6.07) is 0. The van der Waals surface area contributed by atoms with Crippen LogP contribution in [-0.2, 0) is 0 Å². The van der Waals surface area contributed by atoms with E-state index < -0.39 is 0 Å². The van der Waals surface area contributed by atoms with Gasteiger partial charge in [0.05, 0.1) is 0 Å². The average molecular weight is 133 g/mol. The molecule has 2 unspecified atom stereocenters. The van der Waals surface area contributed by atoms with Crippen molar-refractivity contribution in [2.24, 2.45) is 11.8 Å². The first-order valence-corrected chi connectivity index (χ1v) is 4.15. The molecule has 0 heterocycles. The van der Waals surface area contributed by atoms with Gasteiger partial charge < -0.3 is 0 Å². The summed E-state index contributed by atoms with van der Waals surface area (Å²) in [6.07, 6.45) is 10.9. The summed E-state index contributed by atoms with van der Waals surface area (Å²) in [6.45, 7) is 3.71. The highest BCUT2D eigenvalue weighted by atomic mass is 14.4. The van der Waals surface area contributed by atoms with E-state index in [0.29, 0.717) is 0 Å². The molecule has 0 heteroatoms. The van der Waals surface area contributed by atoms with E-state index >= 15 is 0 Å². The lowest BCUT2D eigenvalue weighted by Crippen LogP contribution is -2.01. The van der Waals surface area contributed by atoms with Gasteiger partial charge in [0.2, 0.25) is 0 Å². The maximum atomic E-state index is 3.71. The molecule has 0 bridgehead atoms. The van der Waals surface area contributed by atoms with Gasteiger partial charge in [0.25, 0.3) is 0 Å². The smallest absolute Gasteiger partial charge is 0.0128 e. The molecular weight excluding hydrogens is 120 g/mol. The van der Waals surface area contributed by atoms with Crippen molar-refractivity contribution >= 4 is 0 Å². The van der Waals surface area contributed by atoms with Gasteiger partial charge in [0.15, 0.2) is 0 Å². The lowest BCUT2D eigenvalue weighted by molar-refractivity contribution is 0.485. The molecule has 53 valence electrons. The van der Waals surface area contributed by atoms with Gasteiger partial charge in [-0.1, -0.05) is 19.1 Å². The van der Waals surface area contributed by atoms with E-state index in [-0.39, 0.29) is 0 Å². The molecule has 2 rings (SSSR count). The van der Waals surface area contributed by atoms with Gasteiger partial charge in [-0.25, -0.2) is 0 Å². The van der Waals surface area contributed by atoms with E-state index in [2.05, 4.69) is 18.7 Å². The van der Waals surface area contributed by atoms with Gasteiger partial charge in [-0.2, -0.15) is 0 Å². The van der Waals surface area contributed by atoms with Crippen LogP contribution in [0, 0.1) is 17.9 Å². The van der Waals surface area contributed by atoms with Crippen LogP contribution >= 0.6 is 0 Å². The number of rotatable bonds is 1. The molecule has 0 aromatic carbocycles. The summed E-state index contributed by atoms with van der Waals surface area (Å²) in [7, 11) is 0. The molecule has 0 aromatic rings. The van der Waals surface area contributed by atoms with Crippen LogP contribution in [-0.4, -0.2) is 0 Å². The summed E-state index contributed by atoms with van der Waals surface area (Å²) in [5.74, 6) is 1.81. The number of hydrogen-bond acceptors (Lipinski definition) is 0. The first kappa shape index (κ1) is 6.21. The van der Waals surface area contributed by atoms with Crippen LogP contribution in [0.1, 0.15) is 25.7 Å². The van der Waals surface area contributed by atoms with Crippen molar-refractivity contribution in [3.8, 4) is 0 Å². The monoisotopic (exact) mass is 133 g/mol. The van der Waals surface area contributed by atoms with Crippen LogP contribution in [0.15, 0.2) is 18.2 Å². The van der Waals surface area contributed by atoms with Crippen LogP contribution in [0.2, 0.25) is 0 Å². The van der Waals surface area contributed by atoms with Gasteiger partial charge in [-0.3, -0.25) is 0 Å². The van der Waals surface area contributed by atoms with Gasteiger partial charge in [-0.05, 0) is 42.7 Å². The second kappa shape index (κ2) is 2.26. The zero-order valence-corrected chi connectivity index (χ0v) is 6.27. The molecule has 2 atom stereocenters. The van der Waals surface area contributed by atoms with Crippen molar-refractivity contribution in [3.63, 3.8) is 0 Å². The molecule has 0 aliphatic heterocycles. The summed E-state index contributed by atoms with van der Waals surface area (Å²) >= 11 is 0. The minimum Gasteiger partial charge on any atom is -0.0909 e. The largest absolute Gasteiger partial charge is 0.0909 e. The Hall–Kier alpha value is -0.520. The van der Waals surface area contributed by atoms with E-state index in [1.165, 1.54) is 31.3 Å². The second-order valence-corrected chi connectivity index (χ2v) is 3.37. The van der Waals surface area contributed by atoms with Gasteiger partial charge in [0, 0.05) is 0 Å². The number of allylic oxidation sites excluding steroid dienone is 3. The Morgan fingerprint density at radius 2 is 2.40 bits per heavy atom. The fourth-order valence-corrected chi connectivity index (χ4v) is 2.36. The third-order valence-electron chi connectivity index (χ3n) is 2.90. The third kappa shape index (κ3) is 0.749. The predicted molar refractivity (Wildman–Crippen MR) is 42.4 cm³/mol. The Bertz CT molecular complexity index is 176. The lowest BCUT2D eigenvalue weighted by Gasteiger charge is -2.09. The molecule has 0 amide bonds. The summed E-state index contributed by atoms with van der Waals surface area (Å²) in [5, 5.41) is 0. The van der Waals surface area contributed by atoms with Crippen molar-refractivity contribution in [3.05, 3.63) is 24.3 Å². The molecule has 2 aliphatic carbocycles. The highest BCUT2D eigenvalue weighted by Gasteiger charge is 2.32. The van der Waals surface area contributed by atoms with E-state index in [1.54, 1.807) is 0 Å². The van der Waals surface area contributed by atoms with Crippen molar-refractivity contribution < 1.29 is 0 Å².